The van der Waals surface area contributed by atoms with Gasteiger partial charge < -0.3 is 10.4 Å². The van der Waals surface area contributed by atoms with Crippen LogP contribution in [0.2, 0.25) is 0 Å². The number of nitrogens with one attached hydrogen (secondary N) is 1. The molecule has 1 aromatic rings. The summed E-state index contributed by atoms with van der Waals surface area (Å²) in [5.41, 5.74) is 0.114. The molecule has 100 valence electrons. The van der Waals surface area contributed by atoms with Crippen LogP contribution >= 0.6 is 11.3 Å². The van der Waals surface area contributed by atoms with Gasteiger partial charge >= 0.3 is 4.87 Å². The molecule has 0 unspecified atom stereocenters. The fraction of sp³-hybridized carbons (Fsp3) is 0.667. The quantitative estimate of drug-likeness (QED) is 0.839. The monoisotopic (exact) mass is 270 g/mol. The summed E-state index contributed by atoms with van der Waals surface area (Å²) < 4.78 is 1.47. The van der Waals surface area contributed by atoms with Crippen molar-refractivity contribution in [2.45, 2.75) is 45.3 Å². The Balaban J connectivity index is 1.93. The number of rotatable bonds is 4. The molecule has 1 heterocycles. The van der Waals surface area contributed by atoms with E-state index in [0.29, 0.717) is 0 Å². The van der Waals surface area contributed by atoms with Gasteiger partial charge in [0.05, 0.1) is 5.60 Å². The molecule has 1 aliphatic carbocycles. The second-order valence-corrected chi connectivity index (χ2v) is 6.12. The van der Waals surface area contributed by atoms with Gasteiger partial charge in [0.15, 0.2) is 0 Å². The van der Waals surface area contributed by atoms with Crippen LogP contribution in [0.4, 0.5) is 0 Å². The number of hydrogen-bond acceptors (Lipinski definition) is 4. The molecule has 5 nitrogen and oxygen atoms in total. The molecular formula is C12H18N2O3S. The van der Waals surface area contributed by atoms with Gasteiger partial charge in [-0.25, -0.2) is 0 Å². The highest BCUT2D eigenvalue weighted by atomic mass is 32.1. The summed E-state index contributed by atoms with van der Waals surface area (Å²) >= 11 is 1.16. The Hall–Kier alpha value is -1.14. The van der Waals surface area contributed by atoms with E-state index >= 15 is 0 Å². The largest absolute Gasteiger partial charge is 0.388 e. The van der Waals surface area contributed by atoms with E-state index in [1.54, 1.807) is 0 Å². The van der Waals surface area contributed by atoms with Gasteiger partial charge in [-0.2, -0.15) is 0 Å². The van der Waals surface area contributed by atoms with Gasteiger partial charge in [0.25, 0.3) is 0 Å². The molecule has 0 saturated heterocycles. The highest BCUT2D eigenvalue weighted by Crippen LogP contribution is 2.30. The van der Waals surface area contributed by atoms with E-state index in [4.69, 9.17) is 0 Å². The van der Waals surface area contributed by atoms with Gasteiger partial charge in [-0.15, -0.1) is 0 Å². The molecule has 1 aliphatic rings. The first kappa shape index (κ1) is 13.3. The number of carbonyl (C=O) groups excluding carboxylic acids is 1. The maximum absolute atomic E-state index is 11.7. The molecule has 1 aromatic heterocycles. The zero-order chi connectivity index (χ0) is 13.3. The molecule has 6 heteroatoms. The summed E-state index contributed by atoms with van der Waals surface area (Å²) in [6, 6.07) is 0. The van der Waals surface area contributed by atoms with Gasteiger partial charge in [-0.1, -0.05) is 11.3 Å². The molecule has 1 saturated carbocycles. The third kappa shape index (κ3) is 2.64. The zero-order valence-electron chi connectivity index (χ0n) is 10.7. The molecule has 0 aromatic carbocycles. The number of nitrogens with zero attached hydrogens (tertiary/aromatic N) is 1. The molecule has 2 N–H and O–H groups in total. The SMILES string of the molecule is Cc1sc(=O)n(CC(=O)NCC2(O)CCC2)c1C. The van der Waals surface area contributed by atoms with Crippen LogP contribution in [0.5, 0.6) is 0 Å². The number of aryl methyl sites for hydroxylation is 1. The standard InChI is InChI=1S/C12H18N2O3S/c1-8-9(2)18-11(16)14(8)6-10(15)13-7-12(17)4-3-5-12/h17H,3-7H2,1-2H3,(H,13,15). The lowest BCUT2D eigenvalue weighted by Gasteiger charge is -2.36. The number of thiazole rings is 1. The third-order valence-corrected chi connectivity index (χ3v) is 4.57. The first-order chi connectivity index (χ1) is 8.41. The van der Waals surface area contributed by atoms with Crippen LogP contribution in [-0.4, -0.2) is 27.7 Å². The number of aliphatic hydroxyl groups is 1. The highest BCUT2D eigenvalue weighted by Gasteiger charge is 2.34. The lowest BCUT2D eigenvalue weighted by molar-refractivity contribution is -0.124. The van der Waals surface area contributed by atoms with Crippen LogP contribution < -0.4 is 10.2 Å². The normalized spacial score (nSPS) is 17.3. The van der Waals surface area contributed by atoms with E-state index in [1.165, 1.54) is 4.57 Å². The number of aromatic nitrogens is 1. The van der Waals surface area contributed by atoms with E-state index < -0.39 is 5.60 Å². The maximum Gasteiger partial charge on any atom is 0.308 e. The van der Waals surface area contributed by atoms with E-state index in [2.05, 4.69) is 5.32 Å². The smallest absolute Gasteiger partial charge is 0.308 e. The van der Waals surface area contributed by atoms with Crippen molar-refractivity contribution in [3.8, 4) is 0 Å². The van der Waals surface area contributed by atoms with Crippen LogP contribution in [-0.2, 0) is 11.3 Å². The lowest BCUT2D eigenvalue weighted by atomic mass is 9.80. The first-order valence-corrected chi connectivity index (χ1v) is 6.89. The molecule has 0 aliphatic heterocycles. The van der Waals surface area contributed by atoms with Gasteiger partial charge in [0, 0.05) is 17.1 Å². The van der Waals surface area contributed by atoms with Crippen LogP contribution in [0.25, 0.3) is 0 Å². The Morgan fingerprint density at radius 2 is 2.17 bits per heavy atom. The molecule has 0 atom stereocenters. The van der Waals surface area contributed by atoms with E-state index in [9.17, 15) is 14.7 Å². The second kappa shape index (κ2) is 4.85. The van der Waals surface area contributed by atoms with Gasteiger partial charge in [-0.05, 0) is 33.1 Å². The van der Waals surface area contributed by atoms with Crippen LogP contribution in [0.3, 0.4) is 0 Å². The van der Waals surface area contributed by atoms with Crippen molar-refractivity contribution < 1.29 is 9.90 Å². The Morgan fingerprint density at radius 3 is 2.61 bits per heavy atom. The summed E-state index contributed by atoms with van der Waals surface area (Å²) in [5, 5.41) is 12.6. The summed E-state index contributed by atoms with van der Waals surface area (Å²) in [6.07, 6.45) is 2.49. The molecule has 0 spiro atoms. The van der Waals surface area contributed by atoms with E-state index in [-0.39, 0.29) is 23.9 Å². The average molecular weight is 270 g/mol. The predicted octanol–water partition coefficient (Wildman–Crippen LogP) is 0.558. The fourth-order valence-corrected chi connectivity index (χ4v) is 2.83. The summed E-state index contributed by atoms with van der Waals surface area (Å²) in [6.45, 7) is 4.01. The van der Waals surface area contributed by atoms with Crippen molar-refractivity contribution in [2.24, 2.45) is 0 Å². The predicted molar refractivity (Wildman–Crippen MR) is 69.9 cm³/mol. The summed E-state index contributed by atoms with van der Waals surface area (Å²) in [7, 11) is 0. The van der Waals surface area contributed by atoms with Gasteiger partial charge in [0.1, 0.15) is 6.54 Å². The van der Waals surface area contributed by atoms with Crippen molar-refractivity contribution >= 4 is 17.2 Å². The molecule has 0 bridgehead atoms. The van der Waals surface area contributed by atoms with Crippen LogP contribution in [0.1, 0.15) is 29.8 Å². The van der Waals surface area contributed by atoms with Gasteiger partial charge in [0.2, 0.25) is 5.91 Å². The minimum Gasteiger partial charge on any atom is -0.388 e. The van der Waals surface area contributed by atoms with E-state index in [1.807, 2.05) is 13.8 Å². The molecule has 18 heavy (non-hydrogen) atoms. The topological polar surface area (TPSA) is 71.3 Å². The minimum atomic E-state index is -0.722. The molecule has 2 rings (SSSR count). The number of amides is 1. The summed E-state index contributed by atoms with van der Waals surface area (Å²) in [5.74, 6) is -0.224. The van der Waals surface area contributed by atoms with Crippen molar-refractivity contribution in [1.29, 1.82) is 0 Å². The fourth-order valence-electron chi connectivity index (χ4n) is 1.99. The second-order valence-electron chi connectivity index (χ2n) is 4.95. The molecule has 0 radical (unpaired) electrons. The Morgan fingerprint density at radius 1 is 1.50 bits per heavy atom. The Bertz CT molecular complexity index is 514. The Kier molecular flexibility index (Phi) is 3.59. The molecule has 1 amide bonds. The Labute approximate surface area is 109 Å². The number of carbonyl (C=O) groups is 1. The van der Waals surface area contributed by atoms with Crippen molar-refractivity contribution in [1.82, 2.24) is 9.88 Å². The lowest BCUT2D eigenvalue weighted by Crippen LogP contribution is -2.48. The van der Waals surface area contributed by atoms with Crippen LogP contribution in [0, 0.1) is 13.8 Å². The van der Waals surface area contributed by atoms with Crippen molar-refractivity contribution in [2.75, 3.05) is 6.54 Å². The molecule has 1 fully saturated rings. The van der Waals surface area contributed by atoms with Crippen molar-refractivity contribution in [3.63, 3.8) is 0 Å². The highest BCUT2D eigenvalue weighted by molar-refractivity contribution is 7.09. The third-order valence-electron chi connectivity index (χ3n) is 3.58. The van der Waals surface area contributed by atoms with Crippen molar-refractivity contribution in [3.05, 3.63) is 20.2 Å². The average Bonchev–Trinajstić information content (AvgIpc) is 2.51. The van der Waals surface area contributed by atoms with Crippen LogP contribution in [0.15, 0.2) is 4.79 Å². The zero-order valence-corrected chi connectivity index (χ0v) is 11.5. The minimum absolute atomic E-state index is 0.0328. The van der Waals surface area contributed by atoms with E-state index in [0.717, 1.165) is 41.2 Å². The number of hydrogen-bond donors (Lipinski definition) is 2. The van der Waals surface area contributed by atoms with Gasteiger partial charge in [-0.3, -0.25) is 14.2 Å². The first-order valence-electron chi connectivity index (χ1n) is 6.07. The maximum atomic E-state index is 11.7. The molecular weight excluding hydrogens is 252 g/mol. The summed E-state index contributed by atoms with van der Waals surface area (Å²) in [4.78, 5) is 24.2.